The van der Waals surface area contributed by atoms with Crippen LogP contribution in [0.1, 0.15) is 28.8 Å². The van der Waals surface area contributed by atoms with Crippen LogP contribution >= 0.6 is 0 Å². The van der Waals surface area contributed by atoms with Gasteiger partial charge in [-0.25, -0.2) is 8.42 Å². The van der Waals surface area contributed by atoms with Gasteiger partial charge in [0.25, 0.3) is 5.91 Å². The third kappa shape index (κ3) is 4.01. The summed E-state index contributed by atoms with van der Waals surface area (Å²) in [5, 5.41) is 0. The Kier molecular flexibility index (Phi) is 5.57. The molecule has 2 heterocycles. The van der Waals surface area contributed by atoms with E-state index in [4.69, 9.17) is 9.15 Å². The average molecular weight is 392 g/mol. The zero-order valence-electron chi connectivity index (χ0n) is 15.8. The molecule has 0 atom stereocenters. The highest BCUT2D eigenvalue weighted by molar-refractivity contribution is 7.89. The minimum Gasteiger partial charge on any atom is -0.494 e. The van der Waals surface area contributed by atoms with E-state index in [1.54, 1.807) is 49.1 Å². The second-order valence-corrected chi connectivity index (χ2v) is 8.37. The fourth-order valence-corrected chi connectivity index (χ4v) is 4.59. The molecule has 3 rings (SSSR count). The molecule has 0 bridgehead atoms. The van der Waals surface area contributed by atoms with Crippen LogP contribution in [0, 0.1) is 13.8 Å². The maximum atomic E-state index is 12.8. The first-order valence-electron chi connectivity index (χ1n) is 8.92. The maximum Gasteiger partial charge on any atom is 0.257 e. The monoisotopic (exact) mass is 392 g/mol. The van der Waals surface area contributed by atoms with Crippen molar-refractivity contribution in [1.82, 2.24) is 9.21 Å². The molecule has 2 aromatic rings. The molecule has 8 heteroatoms. The van der Waals surface area contributed by atoms with Gasteiger partial charge in [0, 0.05) is 26.2 Å². The third-order valence-corrected chi connectivity index (χ3v) is 6.48. The van der Waals surface area contributed by atoms with Gasteiger partial charge >= 0.3 is 0 Å². The molecule has 0 aliphatic carbocycles. The molecule has 1 aromatic heterocycles. The highest BCUT2D eigenvalue weighted by atomic mass is 32.2. The summed E-state index contributed by atoms with van der Waals surface area (Å²) in [5.74, 6) is 1.79. The molecule has 1 amide bonds. The van der Waals surface area contributed by atoms with Gasteiger partial charge in [0.2, 0.25) is 10.0 Å². The first-order valence-corrected chi connectivity index (χ1v) is 10.4. The molecular weight excluding hydrogens is 368 g/mol. The lowest BCUT2D eigenvalue weighted by atomic mass is 10.2. The van der Waals surface area contributed by atoms with E-state index in [1.807, 2.05) is 6.92 Å². The summed E-state index contributed by atoms with van der Waals surface area (Å²) in [5.41, 5.74) is 0.537. The second-order valence-electron chi connectivity index (χ2n) is 6.43. The highest BCUT2D eigenvalue weighted by Crippen LogP contribution is 2.22. The summed E-state index contributed by atoms with van der Waals surface area (Å²) in [6.07, 6.45) is 0. The number of carbonyl (C=O) groups excluding carboxylic acids is 1. The van der Waals surface area contributed by atoms with Crippen molar-refractivity contribution in [2.24, 2.45) is 0 Å². The predicted octanol–water partition coefficient (Wildman–Crippen LogP) is 2.44. The number of furan rings is 1. The first kappa shape index (κ1) is 19.4. The molecule has 1 aromatic carbocycles. The Hall–Kier alpha value is -2.32. The average Bonchev–Trinajstić information content (AvgIpc) is 3.00. The first-order chi connectivity index (χ1) is 12.8. The molecule has 0 spiro atoms. The Labute approximate surface area is 159 Å². The Balaban J connectivity index is 1.67. The molecule has 1 aliphatic heterocycles. The summed E-state index contributed by atoms with van der Waals surface area (Å²) >= 11 is 0. The van der Waals surface area contributed by atoms with Crippen molar-refractivity contribution < 1.29 is 22.4 Å². The summed E-state index contributed by atoms with van der Waals surface area (Å²) < 4.78 is 37.8. The highest BCUT2D eigenvalue weighted by Gasteiger charge is 2.31. The van der Waals surface area contributed by atoms with Crippen molar-refractivity contribution in [3.05, 3.63) is 47.4 Å². The molecule has 146 valence electrons. The van der Waals surface area contributed by atoms with Crippen molar-refractivity contribution in [3.63, 3.8) is 0 Å². The Morgan fingerprint density at radius 1 is 1.11 bits per heavy atom. The number of amides is 1. The number of rotatable bonds is 5. The normalized spacial score (nSPS) is 15.7. The van der Waals surface area contributed by atoms with E-state index in [2.05, 4.69) is 0 Å². The zero-order valence-corrected chi connectivity index (χ0v) is 16.6. The number of carbonyl (C=O) groups is 1. The van der Waals surface area contributed by atoms with Crippen LogP contribution < -0.4 is 4.74 Å². The van der Waals surface area contributed by atoms with Crippen LogP contribution in [0.4, 0.5) is 0 Å². The van der Waals surface area contributed by atoms with Crippen LogP contribution in [-0.2, 0) is 10.0 Å². The Morgan fingerprint density at radius 2 is 1.74 bits per heavy atom. The molecule has 7 nitrogen and oxygen atoms in total. The predicted molar refractivity (Wildman–Crippen MR) is 100 cm³/mol. The lowest BCUT2D eigenvalue weighted by Crippen LogP contribution is -2.50. The summed E-state index contributed by atoms with van der Waals surface area (Å²) in [6, 6.07) is 8.13. The number of ether oxygens (including phenoxy) is 1. The number of piperazine rings is 1. The zero-order chi connectivity index (χ0) is 19.6. The van der Waals surface area contributed by atoms with Crippen LogP contribution in [0.25, 0.3) is 0 Å². The van der Waals surface area contributed by atoms with Crippen LogP contribution in [0.15, 0.2) is 39.6 Å². The van der Waals surface area contributed by atoms with Crippen molar-refractivity contribution in [2.45, 2.75) is 25.7 Å². The number of sulfonamides is 1. The standard InChI is InChI=1S/C19H24N2O5S/c1-4-25-16-5-7-17(8-6-16)27(23,24)21-11-9-20(10-12-21)19(22)18-13-14(2)26-15(18)3/h5-8,13H,4,9-12H2,1-3H3. The van der Waals surface area contributed by atoms with Crippen molar-refractivity contribution >= 4 is 15.9 Å². The smallest absolute Gasteiger partial charge is 0.257 e. The quantitative estimate of drug-likeness (QED) is 0.781. The van der Waals surface area contributed by atoms with E-state index < -0.39 is 10.0 Å². The van der Waals surface area contributed by atoms with Crippen LogP contribution in [-0.4, -0.2) is 56.3 Å². The number of hydrogen-bond donors (Lipinski definition) is 0. The molecule has 27 heavy (non-hydrogen) atoms. The summed E-state index contributed by atoms with van der Waals surface area (Å²) in [7, 11) is -3.59. The molecule has 0 unspecified atom stereocenters. The van der Waals surface area contributed by atoms with Crippen LogP contribution in [0.3, 0.4) is 0 Å². The molecule has 0 radical (unpaired) electrons. The number of hydrogen-bond acceptors (Lipinski definition) is 5. The molecule has 0 N–H and O–H groups in total. The minimum atomic E-state index is -3.59. The maximum absolute atomic E-state index is 12.8. The number of benzene rings is 1. The van der Waals surface area contributed by atoms with Gasteiger partial charge in [-0.1, -0.05) is 0 Å². The van der Waals surface area contributed by atoms with Gasteiger partial charge in [-0.15, -0.1) is 0 Å². The largest absolute Gasteiger partial charge is 0.494 e. The lowest BCUT2D eigenvalue weighted by Gasteiger charge is -2.34. The Morgan fingerprint density at radius 3 is 2.26 bits per heavy atom. The lowest BCUT2D eigenvalue weighted by molar-refractivity contribution is 0.0696. The minimum absolute atomic E-state index is 0.123. The van der Waals surface area contributed by atoms with E-state index >= 15 is 0 Å². The fourth-order valence-electron chi connectivity index (χ4n) is 3.17. The van der Waals surface area contributed by atoms with E-state index in [-0.39, 0.29) is 23.9 Å². The van der Waals surface area contributed by atoms with Crippen molar-refractivity contribution in [2.75, 3.05) is 32.8 Å². The van der Waals surface area contributed by atoms with Gasteiger partial charge in [0.1, 0.15) is 17.3 Å². The van der Waals surface area contributed by atoms with E-state index in [1.165, 1.54) is 4.31 Å². The topological polar surface area (TPSA) is 80.1 Å². The number of aryl methyl sites for hydroxylation is 2. The SMILES string of the molecule is CCOc1ccc(S(=O)(=O)N2CCN(C(=O)c3cc(C)oc3C)CC2)cc1. The molecule has 0 saturated carbocycles. The van der Waals surface area contributed by atoms with Crippen molar-refractivity contribution in [1.29, 1.82) is 0 Å². The van der Waals surface area contributed by atoms with Gasteiger partial charge in [-0.3, -0.25) is 4.79 Å². The number of nitrogens with zero attached hydrogens (tertiary/aromatic N) is 2. The summed E-state index contributed by atoms with van der Waals surface area (Å²) in [4.78, 5) is 14.5. The molecule has 1 saturated heterocycles. The van der Waals surface area contributed by atoms with Crippen LogP contribution in [0.5, 0.6) is 5.75 Å². The molecule has 1 fully saturated rings. The molecular formula is C19H24N2O5S. The second kappa shape index (κ2) is 7.74. The van der Waals surface area contributed by atoms with E-state index in [0.717, 1.165) is 0 Å². The van der Waals surface area contributed by atoms with Gasteiger partial charge in [-0.2, -0.15) is 4.31 Å². The van der Waals surface area contributed by atoms with Crippen LogP contribution in [0.2, 0.25) is 0 Å². The van der Waals surface area contributed by atoms with E-state index in [9.17, 15) is 13.2 Å². The van der Waals surface area contributed by atoms with Gasteiger partial charge in [-0.05, 0) is 51.1 Å². The molecule has 1 aliphatic rings. The van der Waals surface area contributed by atoms with E-state index in [0.29, 0.717) is 42.5 Å². The van der Waals surface area contributed by atoms with Gasteiger partial charge < -0.3 is 14.1 Å². The van der Waals surface area contributed by atoms with Gasteiger partial charge in [0.05, 0.1) is 17.1 Å². The van der Waals surface area contributed by atoms with Crippen molar-refractivity contribution in [3.8, 4) is 5.75 Å². The van der Waals surface area contributed by atoms with Gasteiger partial charge in [0.15, 0.2) is 0 Å². The third-order valence-electron chi connectivity index (χ3n) is 4.57. The Bertz CT molecular complexity index is 910. The summed E-state index contributed by atoms with van der Waals surface area (Å²) in [6.45, 7) is 7.17. The fraction of sp³-hybridized carbons (Fsp3) is 0.421.